The van der Waals surface area contributed by atoms with Gasteiger partial charge in [-0.15, -0.1) is 0 Å². The van der Waals surface area contributed by atoms with Crippen LogP contribution in [-0.4, -0.2) is 32.0 Å². The van der Waals surface area contributed by atoms with Gasteiger partial charge in [0.25, 0.3) is 5.56 Å². The summed E-state index contributed by atoms with van der Waals surface area (Å²) in [5.41, 5.74) is 2.85. The quantitative estimate of drug-likeness (QED) is 0.380. The van der Waals surface area contributed by atoms with Gasteiger partial charge < -0.3 is 16.0 Å². The fourth-order valence-electron chi connectivity index (χ4n) is 3.37. The molecule has 0 fully saturated rings. The van der Waals surface area contributed by atoms with E-state index in [-0.39, 0.29) is 24.4 Å². The zero-order chi connectivity index (χ0) is 23.2. The third-order valence-corrected chi connectivity index (χ3v) is 4.94. The maximum Gasteiger partial charge on any atom is 0.261 e. The Morgan fingerprint density at radius 1 is 1.03 bits per heavy atom. The van der Waals surface area contributed by atoms with Crippen molar-refractivity contribution in [3.05, 3.63) is 77.0 Å². The summed E-state index contributed by atoms with van der Waals surface area (Å²) in [6.07, 6.45) is 1.64. The Morgan fingerprint density at radius 2 is 1.79 bits per heavy atom. The van der Waals surface area contributed by atoms with Gasteiger partial charge in [-0.05, 0) is 50.2 Å². The van der Waals surface area contributed by atoms with E-state index in [1.54, 1.807) is 18.2 Å². The highest BCUT2D eigenvalue weighted by Crippen LogP contribution is 2.19. The molecule has 2 aromatic heterocycles. The van der Waals surface area contributed by atoms with Crippen LogP contribution < -0.4 is 21.5 Å². The van der Waals surface area contributed by atoms with Gasteiger partial charge in [0.1, 0.15) is 5.82 Å². The number of aryl methyl sites for hydroxylation is 2. The molecule has 9 heteroatoms. The Kier molecular flexibility index (Phi) is 6.58. The number of fused-ring (bicyclic) bond motifs is 1. The predicted octanol–water partition coefficient (Wildman–Crippen LogP) is 3.70. The fourth-order valence-corrected chi connectivity index (χ4v) is 3.37. The number of rotatable bonds is 8. The molecular weight excluding hydrogens is 418 g/mol. The molecule has 4 rings (SSSR count). The van der Waals surface area contributed by atoms with Gasteiger partial charge in [0.15, 0.2) is 0 Å². The highest BCUT2D eigenvalue weighted by Gasteiger charge is 2.08. The highest BCUT2D eigenvalue weighted by molar-refractivity contribution is 5.90. The molecule has 33 heavy (non-hydrogen) atoms. The van der Waals surface area contributed by atoms with Gasteiger partial charge >= 0.3 is 0 Å². The number of benzene rings is 2. The summed E-state index contributed by atoms with van der Waals surface area (Å²) in [7, 11) is 0. The molecule has 2 aromatic carbocycles. The third-order valence-electron chi connectivity index (χ3n) is 4.94. The normalized spacial score (nSPS) is 10.7. The maximum absolute atomic E-state index is 12.5. The molecule has 0 aliphatic rings. The number of carbonyl (C=O) groups is 1. The van der Waals surface area contributed by atoms with E-state index in [1.165, 1.54) is 10.9 Å². The lowest BCUT2D eigenvalue weighted by Crippen LogP contribution is -2.23. The molecule has 0 spiro atoms. The summed E-state index contributed by atoms with van der Waals surface area (Å²) in [5.74, 6) is 1.08. The topological polar surface area (TPSA) is 114 Å². The minimum absolute atomic E-state index is 0.152. The second-order valence-corrected chi connectivity index (χ2v) is 7.51. The second kappa shape index (κ2) is 9.90. The molecule has 0 unspecified atom stereocenters. The van der Waals surface area contributed by atoms with E-state index in [0.29, 0.717) is 28.4 Å². The zero-order valence-electron chi connectivity index (χ0n) is 18.5. The third kappa shape index (κ3) is 5.51. The minimum atomic E-state index is -0.183. The Hall–Kier alpha value is -4.27. The second-order valence-electron chi connectivity index (χ2n) is 7.51. The standard InChI is InChI=1S/C24H25N7O2/c1-3-25-24-27-16(2)14-21(30-24)28-17-8-10-18(11-9-17)29-22(32)12-13-31-15-26-20-7-5-4-6-19(20)23(31)33/h4-11,14-15H,3,12-13H2,1-2H3,(H,29,32)(H2,25,27,28,30). The van der Waals surface area contributed by atoms with E-state index in [1.807, 2.05) is 50.2 Å². The van der Waals surface area contributed by atoms with E-state index in [9.17, 15) is 9.59 Å². The smallest absolute Gasteiger partial charge is 0.261 e. The minimum Gasteiger partial charge on any atom is -0.354 e. The molecule has 4 aromatic rings. The molecule has 168 valence electrons. The van der Waals surface area contributed by atoms with Crippen molar-refractivity contribution in [1.82, 2.24) is 19.5 Å². The Bertz CT molecular complexity index is 1330. The molecule has 3 N–H and O–H groups in total. The summed E-state index contributed by atoms with van der Waals surface area (Å²) in [6.45, 7) is 4.89. The lowest BCUT2D eigenvalue weighted by molar-refractivity contribution is -0.116. The summed E-state index contributed by atoms with van der Waals surface area (Å²) >= 11 is 0. The summed E-state index contributed by atoms with van der Waals surface area (Å²) in [4.78, 5) is 38.0. The molecule has 9 nitrogen and oxygen atoms in total. The molecule has 0 aliphatic heterocycles. The predicted molar refractivity (Wildman–Crippen MR) is 130 cm³/mol. The lowest BCUT2D eigenvalue weighted by atomic mass is 10.2. The van der Waals surface area contributed by atoms with E-state index in [2.05, 4.69) is 30.9 Å². The summed E-state index contributed by atoms with van der Waals surface area (Å²) < 4.78 is 1.46. The first-order valence-corrected chi connectivity index (χ1v) is 10.7. The Balaban J connectivity index is 1.35. The van der Waals surface area contributed by atoms with Crippen molar-refractivity contribution in [2.75, 3.05) is 22.5 Å². The highest BCUT2D eigenvalue weighted by atomic mass is 16.2. The largest absolute Gasteiger partial charge is 0.354 e. The van der Waals surface area contributed by atoms with Crippen molar-refractivity contribution in [3.63, 3.8) is 0 Å². The van der Waals surface area contributed by atoms with Crippen LogP contribution in [0.25, 0.3) is 10.9 Å². The zero-order valence-corrected chi connectivity index (χ0v) is 18.5. The van der Waals surface area contributed by atoms with Crippen LogP contribution in [0.3, 0.4) is 0 Å². The lowest BCUT2D eigenvalue weighted by Gasteiger charge is -2.11. The average molecular weight is 444 g/mol. The molecular formula is C24H25N7O2. The first kappa shape index (κ1) is 21.9. The molecule has 0 atom stereocenters. The summed E-state index contributed by atoms with van der Waals surface area (Å²) in [5, 5.41) is 9.75. The van der Waals surface area contributed by atoms with Crippen molar-refractivity contribution in [2.24, 2.45) is 0 Å². The van der Waals surface area contributed by atoms with E-state index < -0.39 is 0 Å². The molecule has 2 heterocycles. The van der Waals surface area contributed by atoms with Crippen LogP contribution in [0, 0.1) is 6.92 Å². The van der Waals surface area contributed by atoms with Crippen molar-refractivity contribution >= 4 is 40.0 Å². The summed E-state index contributed by atoms with van der Waals surface area (Å²) in [6, 6.07) is 16.4. The molecule has 0 aliphatic carbocycles. The van der Waals surface area contributed by atoms with Crippen molar-refractivity contribution in [1.29, 1.82) is 0 Å². The number of para-hydroxylation sites is 1. The van der Waals surface area contributed by atoms with Gasteiger partial charge in [-0.1, -0.05) is 12.1 Å². The molecule has 0 saturated carbocycles. The fraction of sp³-hybridized carbons (Fsp3) is 0.208. The number of amides is 1. The number of nitrogens with zero attached hydrogens (tertiary/aromatic N) is 4. The van der Waals surface area contributed by atoms with Crippen molar-refractivity contribution in [2.45, 2.75) is 26.8 Å². The van der Waals surface area contributed by atoms with E-state index in [0.717, 1.165) is 17.9 Å². The number of hydrogen-bond donors (Lipinski definition) is 3. The van der Waals surface area contributed by atoms with Crippen LogP contribution in [0.2, 0.25) is 0 Å². The van der Waals surface area contributed by atoms with Crippen LogP contribution in [0.5, 0.6) is 0 Å². The SMILES string of the molecule is CCNc1nc(C)cc(Nc2ccc(NC(=O)CCn3cnc4ccccc4c3=O)cc2)n1. The van der Waals surface area contributed by atoms with Crippen LogP contribution in [0.4, 0.5) is 23.1 Å². The Labute approximate surface area is 190 Å². The van der Waals surface area contributed by atoms with E-state index >= 15 is 0 Å². The van der Waals surface area contributed by atoms with Crippen LogP contribution in [0.15, 0.2) is 65.7 Å². The Morgan fingerprint density at radius 3 is 2.58 bits per heavy atom. The van der Waals surface area contributed by atoms with Gasteiger partial charge in [0, 0.05) is 42.6 Å². The molecule has 0 saturated heterocycles. The molecule has 0 bridgehead atoms. The van der Waals surface area contributed by atoms with Crippen LogP contribution in [0.1, 0.15) is 19.0 Å². The number of nitrogens with one attached hydrogen (secondary N) is 3. The number of anilines is 4. The van der Waals surface area contributed by atoms with Gasteiger partial charge in [-0.25, -0.2) is 9.97 Å². The average Bonchev–Trinajstić information content (AvgIpc) is 2.80. The van der Waals surface area contributed by atoms with Crippen molar-refractivity contribution < 1.29 is 4.79 Å². The van der Waals surface area contributed by atoms with Crippen LogP contribution in [-0.2, 0) is 11.3 Å². The van der Waals surface area contributed by atoms with Gasteiger partial charge in [-0.3, -0.25) is 14.2 Å². The van der Waals surface area contributed by atoms with Crippen molar-refractivity contribution in [3.8, 4) is 0 Å². The number of carbonyl (C=O) groups excluding carboxylic acids is 1. The number of aromatic nitrogens is 4. The first-order chi connectivity index (χ1) is 16.0. The molecule has 0 radical (unpaired) electrons. The monoisotopic (exact) mass is 443 g/mol. The molecule has 1 amide bonds. The van der Waals surface area contributed by atoms with Gasteiger partial charge in [0.05, 0.1) is 17.2 Å². The van der Waals surface area contributed by atoms with Crippen LogP contribution >= 0.6 is 0 Å². The van der Waals surface area contributed by atoms with Gasteiger partial charge in [-0.2, -0.15) is 4.98 Å². The number of hydrogen-bond acceptors (Lipinski definition) is 7. The maximum atomic E-state index is 12.5. The van der Waals surface area contributed by atoms with E-state index in [4.69, 9.17) is 0 Å². The van der Waals surface area contributed by atoms with Gasteiger partial charge in [0.2, 0.25) is 11.9 Å². The first-order valence-electron chi connectivity index (χ1n) is 10.7.